The van der Waals surface area contributed by atoms with Crippen LogP contribution < -0.4 is 5.32 Å². The van der Waals surface area contributed by atoms with Crippen molar-refractivity contribution in [3.8, 4) is 0 Å². The lowest BCUT2D eigenvalue weighted by atomic mass is 10.1. The van der Waals surface area contributed by atoms with Crippen LogP contribution in [0, 0.1) is 3.57 Å². The Morgan fingerprint density at radius 1 is 1.05 bits per heavy atom. The van der Waals surface area contributed by atoms with Crippen molar-refractivity contribution < 1.29 is 4.79 Å². The first kappa shape index (κ1) is 13.8. The Kier molecular flexibility index (Phi) is 4.74. The molecule has 0 atom stereocenters. The van der Waals surface area contributed by atoms with Crippen LogP contribution in [0.25, 0.3) is 6.08 Å². The highest BCUT2D eigenvalue weighted by molar-refractivity contribution is 14.1. The zero-order chi connectivity index (χ0) is 13.7. The van der Waals surface area contributed by atoms with Crippen LogP contribution in [0.4, 0.5) is 5.69 Å². The van der Waals surface area contributed by atoms with E-state index in [0.29, 0.717) is 5.57 Å². The first-order chi connectivity index (χ1) is 9.15. The van der Waals surface area contributed by atoms with Crippen LogP contribution in [0.15, 0.2) is 60.2 Å². The second-order valence-corrected chi connectivity index (χ2v) is 5.44. The maximum atomic E-state index is 12.0. The molecule has 0 aromatic heterocycles. The van der Waals surface area contributed by atoms with E-state index in [0.717, 1.165) is 14.8 Å². The molecule has 0 bridgehead atoms. The van der Waals surface area contributed by atoms with Crippen molar-refractivity contribution in [3.63, 3.8) is 0 Å². The van der Waals surface area contributed by atoms with E-state index in [1.807, 2.05) is 67.6 Å². The fraction of sp³-hybridized carbons (Fsp3) is 0.0625. The number of benzene rings is 2. The predicted molar refractivity (Wildman–Crippen MR) is 87.9 cm³/mol. The van der Waals surface area contributed by atoms with Gasteiger partial charge in [-0.3, -0.25) is 4.79 Å². The lowest BCUT2D eigenvalue weighted by Crippen LogP contribution is -2.12. The summed E-state index contributed by atoms with van der Waals surface area (Å²) >= 11 is 2.23. The summed E-state index contributed by atoms with van der Waals surface area (Å²) in [5, 5.41) is 2.88. The van der Waals surface area contributed by atoms with Crippen molar-refractivity contribution >= 4 is 40.3 Å². The molecule has 0 fully saturated rings. The van der Waals surface area contributed by atoms with Crippen molar-refractivity contribution in [2.45, 2.75) is 6.92 Å². The maximum absolute atomic E-state index is 12.0. The molecule has 0 aliphatic carbocycles. The lowest BCUT2D eigenvalue weighted by molar-refractivity contribution is -0.112. The second-order valence-electron chi connectivity index (χ2n) is 4.20. The van der Waals surface area contributed by atoms with Crippen molar-refractivity contribution in [2.24, 2.45) is 0 Å². The summed E-state index contributed by atoms with van der Waals surface area (Å²) in [6.45, 7) is 1.81. The van der Waals surface area contributed by atoms with Crippen LogP contribution in [-0.2, 0) is 4.79 Å². The molecule has 0 aliphatic heterocycles. The topological polar surface area (TPSA) is 29.1 Å². The van der Waals surface area contributed by atoms with Gasteiger partial charge in [-0.2, -0.15) is 0 Å². The number of hydrogen-bond donors (Lipinski definition) is 1. The number of rotatable bonds is 3. The van der Waals surface area contributed by atoms with Gasteiger partial charge in [-0.1, -0.05) is 30.3 Å². The van der Waals surface area contributed by atoms with Crippen LogP contribution in [0.1, 0.15) is 12.5 Å². The minimum Gasteiger partial charge on any atom is -0.322 e. The number of hydrogen-bond acceptors (Lipinski definition) is 1. The molecule has 0 saturated heterocycles. The Morgan fingerprint density at radius 3 is 2.32 bits per heavy atom. The number of anilines is 1. The van der Waals surface area contributed by atoms with Gasteiger partial charge in [-0.05, 0) is 65.4 Å². The number of nitrogens with one attached hydrogen (secondary N) is 1. The molecule has 0 saturated carbocycles. The molecule has 2 nitrogen and oxygen atoms in total. The highest BCUT2D eigenvalue weighted by Crippen LogP contribution is 2.13. The third-order valence-corrected chi connectivity index (χ3v) is 3.36. The van der Waals surface area contributed by atoms with E-state index in [1.54, 1.807) is 0 Å². The number of carbonyl (C=O) groups excluding carboxylic acids is 1. The molecule has 96 valence electrons. The molecule has 1 amide bonds. The van der Waals surface area contributed by atoms with Gasteiger partial charge >= 0.3 is 0 Å². The second kappa shape index (κ2) is 6.52. The Hall–Kier alpha value is -1.62. The molecular weight excluding hydrogens is 349 g/mol. The number of amides is 1. The molecule has 0 unspecified atom stereocenters. The van der Waals surface area contributed by atoms with Gasteiger partial charge in [-0.25, -0.2) is 0 Å². The first-order valence-corrected chi connectivity index (χ1v) is 7.03. The average Bonchev–Trinajstić information content (AvgIpc) is 2.42. The molecular formula is C16H14INO. The Balaban J connectivity index is 2.07. The highest BCUT2D eigenvalue weighted by atomic mass is 127. The molecule has 0 spiro atoms. The first-order valence-electron chi connectivity index (χ1n) is 5.95. The smallest absolute Gasteiger partial charge is 0.251 e. The van der Waals surface area contributed by atoms with Crippen LogP contribution in [0.3, 0.4) is 0 Å². The minimum absolute atomic E-state index is 0.0786. The molecule has 3 heteroatoms. The molecule has 0 aliphatic rings. The summed E-state index contributed by atoms with van der Waals surface area (Å²) < 4.78 is 1.15. The normalized spacial score (nSPS) is 11.2. The SMILES string of the molecule is CC(=Cc1ccccc1)C(=O)Nc1ccc(I)cc1. The molecule has 0 heterocycles. The summed E-state index contributed by atoms with van der Waals surface area (Å²) in [4.78, 5) is 12.0. The van der Waals surface area contributed by atoms with Gasteiger partial charge in [0.05, 0.1) is 0 Å². The van der Waals surface area contributed by atoms with E-state index < -0.39 is 0 Å². The lowest BCUT2D eigenvalue weighted by Gasteiger charge is -2.05. The predicted octanol–water partition coefficient (Wildman–Crippen LogP) is 4.33. The summed E-state index contributed by atoms with van der Waals surface area (Å²) in [5.74, 6) is -0.0786. The van der Waals surface area contributed by atoms with Crippen LogP contribution in [0.5, 0.6) is 0 Å². The summed E-state index contributed by atoms with van der Waals surface area (Å²) in [6.07, 6.45) is 1.88. The quantitative estimate of drug-likeness (QED) is 0.638. The van der Waals surface area contributed by atoms with Gasteiger partial charge in [0.25, 0.3) is 5.91 Å². The molecule has 19 heavy (non-hydrogen) atoms. The van der Waals surface area contributed by atoms with E-state index in [2.05, 4.69) is 27.9 Å². The third-order valence-electron chi connectivity index (χ3n) is 2.64. The van der Waals surface area contributed by atoms with Crippen molar-refractivity contribution in [2.75, 3.05) is 5.32 Å². The van der Waals surface area contributed by atoms with E-state index in [-0.39, 0.29) is 5.91 Å². The van der Waals surface area contributed by atoms with Crippen molar-refractivity contribution in [1.82, 2.24) is 0 Å². The zero-order valence-electron chi connectivity index (χ0n) is 10.6. The highest BCUT2D eigenvalue weighted by Gasteiger charge is 2.04. The van der Waals surface area contributed by atoms with Crippen LogP contribution >= 0.6 is 22.6 Å². The largest absolute Gasteiger partial charge is 0.322 e. The molecule has 0 radical (unpaired) electrons. The molecule has 2 rings (SSSR count). The van der Waals surface area contributed by atoms with Gasteiger partial charge in [-0.15, -0.1) is 0 Å². The third kappa shape index (κ3) is 4.21. The Labute approximate surface area is 126 Å². The van der Waals surface area contributed by atoms with Gasteiger partial charge in [0.2, 0.25) is 0 Å². The molecule has 2 aromatic carbocycles. The number of carbonyl (C=O) groups is 1. The molecule has 2 aromatic rings. The van der Waals surface area contributed by atoms with E-state index in [1.165, 1.54) is 0 Å². The monoisotopic (exact) mass is 363 g/mol. The van der Waals surface area contributed by atoms with Gasteiger partial charge in [0, 0.05) is 14.8 Å². The standard InChI is InChI=1S/C16H14INO/c1-12(11-13-5-3-2-4-6-13)16(19)18-15-9-7-14(17)8-10-15/h2-11H,1H3,(H,18,19). The Morgan fingerprint density at radius 2 is 1.68 bits per heavy atom. The fourth-order valence-corrected chi connectivity index (χ4v) is 1.99. The van der Waals surface area contributed by atoms with Gasteiger partial charge < -0.3 is 5.32 Å². The maximum Gasteiger partial charge on any atom is 0.251 e. The van der Waals surface area contributed by atoms with Crippen molar-refractivity contribution in [1.29, 1.82) is 0 Å². The summed E-state index contributed by atoms with van der Waals surface area (Å²) in [5.41, 5.74) is 2.52. The summed E-state index contributed by atoms with van der Waals surface area (Å²) in [7, 11) is 0. The summed E-state index contributed by atoms with van der Waals surface area (Å²) in [6, 6.07) is 17.5. The van der Waals surface area contributed by atoms with E-state index in [9.17, 15) is 4.79 Å². The number of halogens is 1. The zero-order valence-corrected chi connectivity index (χ0v) is 12.7. The average molecular weight is 363 g/mol. The van der Waals surface area contributed by atoms with E-state index in [4.69, 9.17) is 0 Å². The Bertz CT molecular complexity index is 588. The van der Waals surface area contributed by atoms with Gasteiger partial charge in [0.1, 0.15) is 0 Å². The van der Waals surface area contributed by atoms with Crippen LogP contribution in [-0.4, -0.2) is 5.91 Å². The fourth-order valence-electron chi connectivity index (χ4n) is 1.63. The van der Waals surface area contributed by atoms with Gasteiger partial charge in [0.15, 0.2) is 0 Å². The van der Waals surface area contributed by atoms with Crippen LogP contribution in [0.2, 0.25) is 0 Å². The minimum atomic E-state index is -0.0786. The van der Waals surface area contributed by atoms with Crippen molar-refractivity contribution in [3.05, 3.63) is 69.3 Å². The van der Waals surface area contributed by atoms with E-state index >= 15 is 0 Å². The molecule has 1 N–H and O–H groups in total.